The van der Waals surface area contributed by atoms with Gasteiger partial charge in [0.1, 0.15) is 0 Å². The van der Waals surface area contributed by atoms with Crippen molar-refractivity contribution in [3.8, 4) is 0 Å². The summed E-state index contributed by atoms with van der Waals surface area (Å²) in [7, 11) is 0. The van der Waals surface area contributed by atoms with E-state index in [1.165, 1.54) is 0 Å². The fraction of sp³-hybridized carbons (Fsp3) is 1.00. The first-order valence-electron chi connectivity index (χ1n) is 2.98. The highest BCUT2D eigenvalue weighted by Crippen LogP contribution is 1.58. The van der Waals surface area contributed by atoms with E-state index in [-0.39, 0.29) is 24.8 Å². The summed E-state index contributed by atoms with van der Waals surface area (Å²) in [6, 6.07) is 0.667. The van der Waals surface area contributed by atoms with E-state index >= 15 is 0 Å². The Labute approximate surface area is 76.6 Å². The zero-order valence-electron chi connectivity index (χ0n) is 7.13. The molecule has 0 radical (unpaired) electrons. The first-order chi connectivity index (χ1) is 3.46. The van der Waals surface area contributed by atoms with Crippen LogP contribution in [0.1, 0.15) is 27.7 Å². The Morgan fingerprint density at radius 1 is 0.700 bits per heavy atom. The van der Waals surface area contributed by atoms with Gasteiger partial charge in [-0.25, -0.2) is 0 Å². The maximum atomic E-state index is 5.11. The van der Waals surface area contributed by atoms with E-state index in [4.69, 9.17) is 11.5 Å². The minimum atomic E-state index is 0. The highest BCUT2D eigenvalue weighted by molar-refractivity contribution is 5.85. The quantitative estimate of drug-likeness (QED) is 0.610. The molecule has 68 valence electrons. The van der Waals surface area contributed by atoms with Crippen molar-refractivity contribution in [3.63, 3.8) is 0 Å². The number of hydrogen-bond donors (Lipinski definition) is 2. The van der Waals surface area contributed by atoms with Crippen molar-refractivity contribution in [1.29, 1.82) is 0 Å². The topological polar surface area (TPSA) is 52.0 Å². The maximum absolute atomic E-state index is 5.11. The van der Waals surface area contributed by atoms with Gasteiger partial charge in [-0.2, -0.15) is 0 Å². The van der Waals surface area contributed by atoms with Crippen molar-refractivity contribution in [2.24, 2.45) is 11.5 Å². The molecule has 0 unspecified atom stereocenters. The molecule has 0 saturated heterocycles. The van der Waals surface area contributed by atoms with Gasteiger partial charge in [0.2, 0.25) is 0 Å². The smallest absolute Gasteiger partial charge is 0.00179 e. The van der Waals surface area contributed by atoms with Crippen molar-refractivity contribution >= 4 is 24.8 Å². The van der Waals surface area contributed by atoms with Crippen LogP contribution in [0.4, 0.5) is 0 Å². The molecule has 0 aliphatic rings. The van der Waals surface area contributed by atoms with Gasteiger partial charge < -0.3 is 11.5 Å². The molecular weight excluding hydrogens is 171 g/mol. The molecule has 0 aliphatic heterocycles. The van der Waals surface area contributed by atoms with E-state index in [0.29, 0.717) is 12.1 Å². The third-order valence-electron chi connectivity index (χ3n) is 0. The number of nitrogens with two attached hydrogens (primary N) is 2. The second-order valence-electron chi connectivity index (χ2n) is 2.49. The van der Waals surface area contributed by atoms with Crippen molar-refractivity contribution in [2.45, 2.75) is 39.8 Å². The summed E-state index contributed by atoms with van der Waals surface area (Å²) in [6.07, 6.45) is 0. The molecule has 10 heavy (non-hydrogen) atoms. The Hall–Kier alpha value is 0.500. The third kappa shape index (κ3) is 1910. The molecule has 0 aromatic heterocycles. The number of halogens is 2. The van der Waals surface area contributed by atoms with Crippen LogP contribution in [0.5, 0.6) is 0 Å². The molecule has 0 saturated carbocycles. The summed E-state index contributed by atoms with van der Waals surface area (Å²) in [6.45, 7) is 7.78. The number of hydrogen-bond acceptors (Lipinski definition) is 2. The predicted octanol–water partition coefficient (Wildman–Crippen LogP) is 1.55. The van der Waals surface area contributed by atoms with Crippen LogP contribution in [0, 0.1) is 0 Å². The highest BCUT2D eigenvalue weighted by atomic mass is 35.5. The normalized spacial score (nSPS) is 7.20. The van der Waals surface area contributed by atoms with E-state index in [2.05, 4.69) is 0 Å². The molecule has 4 N–H and O–H groups in total. The number of rotatable bonds is 0. The highest BCUT2D eigenvalue weighted by Gasteiger charge is 1.67. The van der Waals surface area contributed by atoms with Gasteiger partial charge in [0.15, 0.2) is 0 Å². The lowest BCUT2D eigenvalue weighted by Crippen LogP contribution is -2.07. The van der Waals surface area contributed by atoms with E-state index in [0.717, 1.165) is 0 Å². The van der Waals surface area contributed by atoms with Crippen LogP contribution in [0.25, 0.3) is 0 Å². The largest absolute Gasteiger partial charge is 0.328 e. The van der Waals surface area contributed by atoms with Gasteiger partial charge in [-0.3, -0.25) is 0 Å². The third-order valence-corrected chi connectivity index (χ3v) is 0. The molecule has 0 fully saturated rings. The summed E-state index contributed by atoms with van der Waals surface area (Å²) in [5, 5.41) is 0. The van der Waals surface area contributed by atoms with Crippen molar-refractivity contribution in [3.05, 3.63) is 0 Å². The first-order valence-corrected chi connectivity index (χ1v) is 2.98. The predicted molar refractivity (Wildman–Crippen MR) is 53.1 cm³/mol. The van der Waals surface area contributed by atoms with Gasteiger partial charge in [0, 0.05) is 0 Å². The van der Waals surface area contributed by atoms with Crippen molar-refractivity contribution in [2.75, 3.05) is 0 Å². The second-order valence-corrected chi connectivity index (χ2v) is 2.49. The van der Waals surface area contributed by atoms with E-state index in [1.54, 1.807) is 0 Å². The van der Waals surface area contributed by atoms with Gasteiger partial charge in [0.25, 0.3) is 0 Å². The average Bonchev–Trinajstić information content (AvgIpc) is 1.25. The summed E-state index contributed by atoms with van der Waals surface area (Å²) in [5.41, 5.74) is 10.2. The summed E-state index contributed by atoms with van der Waals surface area (Å²) >= 11 is 0. The van der Waals surface area contributed by atoms with Crippen molar-refractivity contribution < 1.29 is 0 Å². The molecule has 0 atom stereocenters. The van der Waals surface area contributed by atoms with Crippen LogP contribution in [0.15, 0.2) is 0 Å². The Morgan fingerprint density at radius 2 is 0.700 bits per heavy atom. The standard InChI is InChI=1S/2C3H9N.2ClH/c2*1-3(2)4;;/h2*3H,4H2,1-2H3;2*1H. The maximum Gasteiger partial charge on any atom is -0.00179 e. The van der Waals surface area contributed by atoms with Crippen LogP contribution >= 0.6 is 24.8 Å². The average molecular weight is 191 g/mol. The molecule has 0 spiro atoms. The minimum absolute atomic E-state index is 0. The van der Waals surface area contributed by atoms with Gasteiger partial charge in [0.05, 0.1) is 0 Å². The SMILES string of the molecule is CC(C)N.CC(C)N.Cl.Cl. The summed E-state index contributed by atoms with van der Waals surface area (Å²) in [4.78, 5) is 0. The molecule has 0 aromatic carbocycles. The van der Waals surface area contributed by atoms with Crippen molar-refractivity contribution in [1.82, 2.24) is 0 Å². The van der Waals surface area contributed by atoms with Crippen LogP contribution in [-0.2, 0) is 0 Å². The minimum Gasteiger partial charge on any atom is -0.328 e. The Bertz CT molecular complexity index is 29.2. The van der Waals surface area contributed by atoms with Gasteiger partial charge in [-0.15, -0.1) is 24.8 Å². The first kappa shape index (κ1) is 22.4. The molecule has 0 bridgehead atoms. The summed E-state index contributed by atoms with van der Waals surface area (Å²) in [5.74, 6) is 0. The lowest BCUT2D eigenvalue weighted by atomic mass is 10.4. The molecule has 0 aromatic rings. The lowest BCUT2D eigenvalue weighted by Gasteiger charge is -1.81. The zero-order valence-corrected chi connectivity index (χ0v) is 8.76. The molecular formula is C6H20Cl2N2. The Morgan fingerprint density at radius 3 is 0.700 bits per heavy atom. The zero-order chi connectivity index (χ0) is 7.15. The summed E-state index contributed by atoms with van der Waals surface area (Å²) < 4.78 is 0. The van der Waals surface area contributed by atoms with Crippen LogP contribution < -0.4 is 11.5 Å². The fourth-order valence-corrected chi connectivity index (χ4v) is 0. The molecule has 0 amide bonds. The fourth-order valence-electron chi connectivity index (χ4n) is 0. The molecule has 0 rings (SSSR count). The van der Waals surface area contributed by atoms with Gasteiger partial charge in [-0.05, 0) is 12.1 Å². The van der Waals surface area contributed by atoms with E-state index in [9.17, 15) is 0 Å². The Kier molecular flexibility index (Phi) is 36.4. The lowest BCUT2D eigenvalue weighted by molar-refractivity contribution is 0.834. The van der Waals surface area contributed by atoms with Crippen LogP contribution in [-0.4, -0.2) is 12.1 Å². The van der Waals surface area contributed by atoms with Gasteiger partial charge in [-0.1, -0.05) is 27.7 Å². The van der Waals surface area contributed by atoms with Crippen LogP contribution in [0.3, 0.4) is 0 Å². The molecule has 0 heterocycles. The monoisotopic (exact) mass is 190 g/mol. The molecule has 0 aliphatic carbocycles. The van der Waals surface area contributed by atoms with Crippen LogP contribution in [0.2, 0.25) is 0 Å². The van der Waals surface area contributed by atoms with E-state index in [1.807, 2.05) is 27.7 Å². The van der Waals surface area contributed by atoms with E-state index < -0.39 is 0 Å². The second kappa shape index (κ2) is 16.2. The molecule has 4 heteroatoms. The Balaban J connectivity index is -0.0000000300. The molecule has 2 nitrogen and oxygen atoms in total. The van der Waals surface area contributed by atoms with Gasteiger partial charge >= 0.3 is 0 Å².